The number of nitrogens with zero attached hydrogens (tertiary/aromatic N) is 1. The zero-order valence-electron chi connectivity index (χ0n) is 45.9. The minimum absolute atomic E-state index is 0.0129. The molecule has 9 heteroatoms. The lowest BCUT2D eigenvalue weighted by Gasteiger charge is -2.28. The van der Waals surface area contributed by atoms with Crippen molar-refractivity contribution in [3.63, 3.8) is 0 Å². The van der Waals surface area contributed by atoms with Crippen LogP contribution in [0.3, 0.4) is 0 Å². The van der Waals surface area contributed by atoms with E-state index in [9.17, 15) is 14.3 Å². The molecule has 0 N–H and O–H groups in total. The molecule has 2 unspecified atom stereocenters. The number of phosphoric acid groups is 1. The third-order valence-electron chi connectivity index (χ3n) is 11.2. The van der Waals surface area contributed by atoms with Crippen LogP contribution in [0.2, 0.25) is 0 Å². The van der Waals surface area contributed by atoms with Gasteiger partial charge in [0.2, 0.25) is 0 Å². The largest absolute Gasteiger partial charge is 0.756 e. The first kappa shape index (κ1) is 67.6. The van der Waals surface area contributed by atoms with E-state index in [2.05, 4.69) is 148 Å². The fourth-order valence-electron chi connectivity index (χ4n) is 6.99. The quantitative estimate of drug-likeness (QED) is 0.0197. The van der Waals surface area contributed by atoms with Gasteiger partial charge in [0.05, 0.1) is 34.4 Å². The number of hydrogen-bond donors (Lipinski definition) is 0. The van der Waals surface area contributed by atoms with Crippen molar-refractivity contribution < 1.29 is 37.3 Å². The number of hydrogen-bond acceptors (Lipinski definition) is 7. The predicted molar refractivity (Wildman–Crippen MR) is 304 cm³/mol. The summed E-state index contributed by atoms with van der Waals surface area (Å²) in [4.78, 5) is 25.3. The van der Waals surface area contributed by atoms with E-state index in [0.29, 0.717) is 17.6 Å². The first-order valence-corrected chi connectivity index (χ1v) is 29.4. The van der Waals surface area contributed by atoms with Crippen molar-refractivity contribution in [2.24, 2.45) is 0 Å². The number of carbonyl (C=O) groups is 1. The predicted octanol–water partition coefficient (Wildman–Crippen LogP) is 17.2. The summed E-state index contributed by atoms with van der Waals surface area (Å²) in [6.07, 6.45) is 77.7. The Morgan fingerprint density at radius 2 is 0.775 bits per heavy atom. The van der Waals surface area contributed by atoms with Gasteiger partial charge < -0.3 is 27.9 Å². The number of ether oxygens (including phenoxy) is 2. The van der Waals surface area contributed by atoms with E-state index in [0.717, 1.165) is 128 Å². The summed E-state index contributed by atoms with van der Waals surface area (Å²) >= 11 is 0. The van der Waals surface area contributed by atoms with Gasteiger partial charge in [-0.2, -0.15) is 0 Å². The van der Waals surface area contributed by atoms with Crippen molar-refractivity contribution in [1.29, 1.82) is 0 Å². The van der Waals surface area contributed by atoms with Gasteiger partial charge in [0, 0.05) is 13.0 Å². The summed E-state index contributed by atoms with van der Waals surface area (Å²) in [5.41, 5.74) is 0. The molecule has 404 valence electrons. The first-order valence-electron chi connectivity index (χ1n) is 27.9. The molecular weight excluding hydrogens is 902 g/mol. The number of phosphoric ester groups is 1. The third kappa shape index (κ3) is 57.4. The monoisotopic (exact) mass is 1010 g/mol. The normalized spacial score (nSPS) is 14.5. The van der Waals surface area contributed by atoms with E-state index in [1.807, 2.05) is 21.1 Å². The molecule has 2 atom stereocenters. The molecule has 0 aromatic carbocycles. The zero-order chi connectivity index (χ0) is 51.9. The fraction of sp³-hybridized carbons (Fsp3) is 0.629. The van der Waals surface area contributed by atoms with E-state index >= 15 is 0 Å². The highest BCUT2D eigenvalue weighted by Crippen LogP contribution is 2.38. The molecule has 8 nitrogen and oxygen atoms in total. The average Bonchev–Trinajstić information content (AvgIpc) is 3.33. The van der Waals surface area contributed by atoms with Gasteiger partial charge in [-0.1, -0.05) is 212 Å². The van der Waals surface area contributed by atoms with Gasteiger partial charge in [-0.25, -0.2) is 0 Å². The van der Waals surface area contributed by atoms with Crippen molar-refractivity contribution in [2.45, 2.75) is 200 Å². The molecule has 0 rings (SSSR count). The van der Waals surface area contributed by atoms with Gasteiger partial charge >= 0.3 is 5.97 Å². The Hall–Kier alpha value is -3.36. The van der Waals surface area contributed by atoms with Gasteiger partial charge in [-0.3, -0.25) is 9.36 Å². The van der Waals surface area contributed by atoms with Crippen LogP contribution >= 0.6 is 7.82 Å². The Kier molecular flexibility index (Phi) is 50.4. The van der Waals surface area contributed by atoms with Crippen molar-refractivity contribution >= 4 is 13.8 Å². The van der Waals surface area contributed by atoms with E-state index < -0.39 is 13.9 Å². The number of likely N-dealkylation sites (N-methyl/N-ethyl adjacent to an activating group) is 1. The molecule has 0 aromatic rings. The van der Waals surface area contributed by atoms with Crippen LogP contribution in [-0.2, 0) is 27.9 Å². The van der Waals surface area contributed by atoms with Crippen LogP contribution in [0.1, 0.15) is 194 Å². The Bertz CT molecular complexity index is 1590. The minimum Gasteiger partial charge on any atom is -0.756 e. The zero-order valence-corrected chi connectivity index (χ0v) is 46.8. The number of rotatable bonds is 50. The molecule has 0 radical (unpaired) electrons. The number of unbranched alkanes of at least 4 members (excludes halogenated alkanes) is 14. The SMILES string of the molecule is CC/C=C\C/C=C\C/C=C\C/C=C\C/C=C\C/C=C\CCCCCCCCCOCC(COP(=O)([O-])OCC[N+](C)(C)C)OC(=O)CCCCCCCCC/C=C\C/C=C\C/C=C\C/C=C\C/C=C\CC. The smallest absolute Gasteiger partial charge is 0.306 e. The maximum Gasteiger partial charge on any atom is 0.306 e. The van der Waals surface area contributed by atoms with E-state index in [-0.39, 0.29) is 32.2 Å². The van der Waals surface area contributed by atoms with Gasteiger partial charge in [0.1, 0.15) is 19.3 Å². The van der Waals surface area contributed by atoms with Crippen molar-refractivity contribution in [3.8, 4) is 0 Å². The summed E-state index contributed by atoms with van der Waals surface area (Å²) < 4.78 is 34.8. The number of carbonyl (C=O) groups excluding carboxylic acids is 1. The molecule has 0 aliphatic rings. The van der Waals surface area contributed by atoms with Crippen molar-refractivity contribution in [2.75, 3.05) is 54.1 Å². The van der Waals surface area contributed by atoms with Gasteiger partial charge in [0.25, 0.3) is 7.82 Å². The van der Waals surface area contributed by atoms with Crippen LogP contribution in [0, 0.1) is 0 Å². The molecule has 0 bridgehead atoms. The molecule has 0 heterocycles. The highest BCUT2D eigenvalue weighted by atomic mass is 31.2. The molecule has 0 aliphatic carbocycles. The van der Waals surface area contributed by atoms with Gasteiger partial charge in [0.15, 0.2) is 0 Å². The van der Waals surface area contributed by atoms with Crippen LogP contribution < -0.4 is 4.89 Å². The Morgan fingerprint density at radius 3 is 1.15 bits per heavy atom. The molecular formula is C62H104NO7P. The second kappa shape index (κ2) is 52.9. The summed E-state index contributed by atoms with van der Waals surface area (Å²) in [7, 11) is 1.32. The van der Waals surface area contributed by atoms with Crippen LogP contribution in [-0.4, -0.2) is 70.7 Å². The lowest BCUT2D eigenvalue weighted by Crippen LogP contribution is -2.37. The molecule has 71 heavy (non-hydrogen) atoms. The molecule has 0 saturated heterocycles. The minimum atomic E-state index is -4.55. The second-order valence-corrected chi connectivity index (χ2v) is 20.6. The van der Waals surface area contributed by atoms with E-state index in [1.54, 1.807) is 0 Å². The number of quaternary nitrogens is 1. The fourth-order valence-corrected chi connectivity index (χ4v) is 7.72. The molecule has 0 spiro atoms. The Morgan fingerprint density at radius 1 is 0.437 bits per heavy atom. The number of allylic oxidation sites excluding steroid dienone is 22. The summed E-state index contributed by atoms with van der Waals surface area (Å²) in [6.45, 7) is 5.12. The van der Waals surface area contributed by atoms with Crippen molar-refractivity contribution in [3.05, 3.63) is 134 Å². The lowest BCUT2D eigenvalue weighted by molar-refractivity contribution is -0.870. The highest BCUT2D eigenvalue weighted by molar-refractivity contribution is 7.45. The molecule has 0 amide bonds. The third-order valence-corrected chi connectivity index (χ3v) is 12.2. The lowest BCUT2D eigenvalue weighted by atomic mass is 10.1. The van der Waals surface area contributed by atoms with Crippen LogP contribution in [0.15, 0.2) is 134 Å². The van der Waals surface area contributed by atoms with Gasteiger partial charge in [-0.15, -0.1) is 0 Å². The first-order chi connectivity index (χ1) is 34.6. The Balaban J connectivity index is 4.20. The second-order valence-electron chi connectivity index (χ2n) is 19.2. The summed E-state index contributed by atoms with van der Waals surface area (Å²) in [5, 5.41) is 0. The van der Waals surface area contributed by atoms with Crippen LogP contribution in [0.5, 0.6) is 0 Å². The summed E-state index contributed by atoms with van der Waals surface area (Å²) in [5.74, 6) is -0.355. The van der Waals surface area contributed by atoms with Crippen LogP contribution in [0.4, 0.5) is 0 Å². The van der Waals surface area contributed by atoms with Crippen LogP contribution in [0.25, 0.3) is 0 Å². The molecule has 0 aromatic heterocycles. The molecule has 0 aliphatic heterocycles. The van der Waals surface area contributed by atoms with E-state index in [4.69, 9.17) is 18.5 Å². The standard InChI is InChI=1S/C62H104NO7P/c1-6-8-10-12-14-16-18-20-22-24-26-28-30-31-32-34-36-38-40-42-44-46-48-50-52-54-57-67-59-61(60-69-71(65,66)68-58-56-63(3,4)5)70-62(64)55-53-51-49-47-45-43-41-39-37-35-33-29-27-25-23-21-19-17-15-13-11-9-7-2/h8-11,14-17,20-23,26-29,31-32,35-38,61H,6-7,12-13,18-19,24-25,30,33-34,39-60H2,1-5H3/b10-8-,11-9-,16-14-,17-15-,22-20-,23-21-,28-26-,29-27-,32-31-,37-35-,38-36-. The number of esters is 1. The maximum atomic E-state index is 12.8. The molecule has 0 saturated carbocycles. The highest BCUT2D eigenvalue weighted by Gasteiger charge is 2.20. The average molecular weight is 1010 g/mol. The van der Waals surface area contributed by atoms with E-state index in [1.165, 1.54) is 44.9 Å². The van der Waals surface area contributed by atoms with Gasteiger partial charge in [-0.05, 0) is 109 Å². The van der Waals surface area contributed by atoms with Crippen molar-refractivity contribution in [1.82, 2.24) is 0 Å². The summed E-state index contributed by atoms with van der Waals surface area (Å²) in [6, 6.07) is 0. The molecule has 0 fully saturated rings. The maximum absolute atomic E-state index is 12.8. The Labute approximate surface area is 436 Å². The topological polar surface area (TPSA) is 94.1 Å².